The number of para-hydroxylation sites is 1. The normalized spacial score (nSPS) is 11.9. The third kappa shape index (κ3) is 2.74. The summed E-state index contributed by atoms with van der Waals surface area (Å²) in [7, 11) is 1.63. The molecule has 0 fully saturated rings. The maximum absolute atomic E-state index is 9.74. The van der Waals surface area contributed by atoms with Gasteiger partial charge in [-0.25, -0.2) is 0 Å². The predicted molar refractivity (Wildman–Crippen MR) is 70.1 cm³/mol. The highest BCUT2D eigenvalue weighted by molar-refractivity contribution is 5.35. The highest BCUT2D eigenvalue weighted by Crippen LogP contribution is 2.28. The molecule has 18 heavy (non-hydrogen) atoms. The van der Waals surface area contributed by atoms with E-state index in [1.54, 1.807) is 19.2 Å². The summed E-state index contributed by atoms with van der Waals surface area (Å²) in [5, 5.41) is 9.74. The maximum Gasteiger partial charge on any atom is 0.124 e. The van der Waals surface area contributed by atoms with Gasteiger partial charge in [-0.15, -0.1) is 0 Å². The molecule has 0 spiro atoms. The SMILES string of the molecule is COc1ccc(OC(C)c2ccccc2O)cc1. The fourth-order valence-electron chi connectivity index (χ4n) is 1.75. The van der Waals surface area contributed by atoms with Crippen LogP contribution in [0.4, 0.5) is 0 Å². The van der Waals surface area contributed by atoms with Crippen LogP contribution in [0.2, 0.25) is 0 Å². The number of hydrogen-bond donors (Lipinski definition) is 1. The highest BCUT2D eigenvalue weighted by atomic mass is 16.5. The minimum atomic E-state index is -0.209. The number of rotatable bonds is 4. The molecule has 0 radical (unpaired) electrons. The van der Waals surface area contributed by atoms with E-state index in [1.807, 2.05) is 43.3 Å². The van der Waals surface area contributed by atoms with Gasteiger partial charge in [0.15, 0.2) is 0 Å². The van der Waals surface area contributed by atoms with Gasteiger partial charge in [0, 0.05) is 5.56 Å². The highest BCUT2D eigenvalue weighted by Gasteiger charge is 2.11. The van der Waals surface area contributed by atoms with Crippen LogP contribution in [-0.4, -0.2) is 12.2 Å². The van der Waals surface area contributed by atoms with Crippen molar-refractivity contribution in [3.8, 4) is 17.2 Å². The Morgan fingerprint density at radius 2 is 1.56 bits per heavy atom. The average molecular weight is 244 g/mol. The average Bonchev–Trinajstić information content (AvgIpc) is 2.40. The molecule has 1 N–H and O–H groups in total. The second kappa shape index (κ2) is 5.45. The summed E-state index contributed by atoms with van der Waals surface area (Å²) in [6, 6.07) is 14.5. The van der Waals surface area contributed by atoms with Crippen LogP contribution in [0.15, 0.2) is 48.5 Å². The van der Waals surface area contributed by atoms with Crippen molar-refractivity contribution in [3.05, 3.63) is 54.1 Å². The standard InChI is InChI=1S/C15H16O3/c1-11(14-5-3-4-6-15(14)16)18-13-9-7-12(17-2)8-10-13/h3-11,16H,1-2H3. The van der Waals surface area contributed by atoms with E-state index in [9.17, 15) is 5.11 Å². The van der Waals surface area contributed by atoms with Crippen LogP contribution in [0, 0.1) is 0 Å². The Morgan fingerprint density at radius 1 is 0.944 bits per heavy atom. The van der Waals surface area contributed by atoms with E-state index >= 15 is 0 Å². The molecular weight excluding hydrogens is 228 g/mol. The fraction of sp³-hybridized carbons (Fsp3) is 0.200. The molecule has 3 heteroatoms. The number of methoxy groups -OCH3 is 1. The van der Waals surface area contributed by atoms with E-state index < -0.39 is 0 Å². The molecule has 2 aromatic carbocycles. The van der Waals surface area contributed by atoms with Crippen LogP contribution >= 0.6 is 0 Å². The van der Waals surface area contributed by atoms with Gasteiger partial charge < -0.3 is 14.6 Å². The van der Waals surface area contributed by atoms with Crippen molar-refractivity contribution in [1.29, 1.82) is 0 Å². The molecule has 1 unspecified atom stereocenters. The molecule has 94 valence electrons. The summed E-state index contributed by atoms with van der Waals surface area (Å²) >= 11 is 0. The van der Waals surface area contributed by atoms with Crippen molar-refractivity contribution in [2.24, 2.45) is 0 Å². The Labute approximate surface area is 107 Å². The Balaban J connectivity index is 2.11. The summed E-state index contributed by atoms with van der Waals surface area (Å²) in [4.78, 5) is 0. The van der Waals surface area contributed by atoms with Gasteiger partial charge in [-0.3, -0.25) is 0 Å². The Bertz CT molecular complexity index is 505. The molecule has 0 amide bonds. The van der Waals surface area contributed by atoms with E-state index in [0.29, 0.717) is 0 Å². The maximum atomic E-state index is 9.74. The zero-order valence-electron chi connectivity index (χ0n) is 10.5. The number of phenolic OH excluding ortho intramolecular Hbond substituents is 1. The van der Waals surface area contributed by atoms with Crippen LogP contribution in [0.25, 0.3) is 0 Å². The molecule has 0 aliphatic heterocycles. The summed E-state index contributed by atoms with van der Waals surface area (Å²) in [5.74, 6) is 1.78. The largest absolute Gasteiger partial charge is 0.508 e. The lowest BCUT2D eigenvalue weighted by Gasteiger charge is -2.16. The monoisotopic (exact) mass is 244 g/mol. The minimum Gasteiger partial charge on any atom is -0.508 e. The van der Waals surface area contributed by atoms with E-state index in [-0.39, 0.29) is 11.9 Å². The van der Waals surface area contributed by atoms with Gasteiger partial charge in [0.1, 0.15) is 23.4 Å². The van der Waals surface area contributed by atoms with Crippen LogP contribution in [-0.2, 0) is 0 Å². The molecule has 0 bridgehead atoms. The first-order valence-electron chi connectivity index (χ1n) is 5.79. The van der Waals surface area contributed by atoms with Crippen molar-refractivity contribution in [3.63, 3.8) is 0 Å². The van der Waals surface area contributed by atoms with E-state index in [1.165, 1.54) is 0 Å². The molecular formula is C15H16O3. The summed E-state index contributed by atoms with van der Waals surface area (Å²) < 4.78 is 10.8. The lowest BCUT2D eigenvalue weighted by molar-refractivity contribution is 0.221. The van der Waals surface area contributed by atoms with Gasteiger partial charge in [-0.2, -0.15) is 0 Å². The van der Waals surface area contributed by atoms with Crippen molar-refractivity contribution in [1.82, 2.24) is 0 Å². The molecule has 2 rings (SSSR count). The first kappa shape index (κ1) is 12.3. The zero-order valence-corrected chi connectivity index (χ0v) is 10.5. The van der Waals surface area contributed by atoms with E-state index in [0.717, 1.165) is 17.1 Å². The fourth-order valence-corrected chi connectivity index (χ4v) is 1.75. The van der Waals surface area contributed by atoms with Crippen molar-refractivity contribution < 1.29 is 14.6 Å². The van der Waals surface area contributed by atoms with Crippen molar-refractivity contribution in [2.75, 3.05) is 7.11 Å². The minimum absolute atomic E-state index is 0.209. The third-order valence-electron chi connectivity index (χ3n) is 2.75. The molecule has 0 saturated heterocycles. The second-order valence-electron chi connectivity index (χ2n) is 3.99. The number of hydrogen-bond acceptors (Lipinski definition) is 3. The number of phenols is 1. The Hall–Kier alpha value is -2.16. The third-order valence-corrected chi connectivity index (χ3v) is 2.75. The predicted octanol–water partition coefficient (Wildman–Crippen LogP) is 3.54. The number of benzene rings is 2. The molecule has 0 aliphatic carbocycles. The molecule has 3 nitrogen and oxygen atoms in total. The van der Waals surface area contributed by atoms with Crippen LogP contribution in [0.1, 0.15) is 18.6 Å². The van der Waals surface area contributed by atoms with Crippen molar-refractivity contribution in [2.45, 2.75) is 13.0 Å². The molecule has 1 atom stereocenters. The van der Waals surface area contributed by atoms with Crippen LogP contribution in [0.5, 0.6) is 17.2 Å². The van der Waals surface area contributed by atoms with Gasteiger partial charge in [0.2, 0.25) is 0 Å². The topological polar surface area (TPSA) is 38.7 Å². The zero-order chi connectivity index (χ0) is 13.0. The van der Waals surface area contributed by atoms with Gasteiger partial charge >= 0.3 is 0 Å². The Kier molecular flexibility index (Phi) is 3.72. The van der Waals surface area contributed by atoms with E-state index in [2.05, 4.69) is 0 Å². The first-order chi connectivity index (χ1) is 8.70. The molecule has 0 saturated carbocycles. The van der Waals surface area contributed by atoms with Crippen molar-refractivity contribution >= 4 is 0 Å². The quantitative estimate of drug-likeness (QED) is 0.894. The Morgan fingerprint density at radius 3 is 2.17 bits per heavy atom. The lowest BCUT2D eigenvalue weighted by atomic mass is 10.1. The summed E-state index contributed by atoms with van der Waals surface area (Å²) in [6.45, 7) is 1.90. The van der Waals surface area contributed by atoms with Gasteiger partial charge in [0.25, 0.3) is 0 Å². The number of ether oxygens (including phenoxy) is 2. The van der Waals surface area contributed by atoms with Gasteiger partial charge in [-0.05, 0) is 37.3 Å². The molecule has 2 aromatic rings. The van der Waals surface area contributed by atoms with Gasteiger partial charge in [-0.1, -0.05) is 18.2 Å². The smallest absolute Gasteiger partial charge is 0.124 e. The summed E-state index contributed by atoms with van der Waals surface area (Å²) in [5.41, 5.74) is 0.772. The van der Waals surface area contributed by atoms with Crippen LogP contribution in [0.3, 0.4) is 0 Å². The molecule has 0 aliphatic rings. The molecule has 0 aromatic heterocycles. The van der Waals surface area contributed by atoms with Gasteiger partial charge in [0.05, 0.1) is 7.11 Å². The second-order valence-corrected chi connectivity index (χ2v) is 3.99. The lowest BCUT2D eigenvalue weighted by Crippen LogP contribution is -2.03. The van der Waals surface area contributed by atoms with E-state index in [4.69, 9.17) is 9.47 Å². The number of aromatic hydroxyl groups is 1. The van der Waals surface area contributed by atoms with Crippen LogP contribution < -0.4 is 9.47 Å². The first-order valence-corrected chi connectivity index (χ1v) is 5.79. The molecule has 0 heterocycles. The summed E-state index contributed by atoms with van der Waals surface area (Å²) in [6.07, 6.45) is -0.209.